The molecular weight excluding hydrogens is 719 g/mol. The summed E-state index contributed by atoms with van der Waals surface area (Å²) in [5.74, 6) is -2.30. The van der Waals surface area contributed by atoms with Crippen LogP contribution in [0.4, 0.5) is 0 Å². The van der Waals surface area contributed by atoms with Gasteiger partial charge in [0.05, 0.1) is 40.3 Å². The standard InChI is InChI=1S/C48H87NO8/c1-6-8-10-12-14-16-18-20-22-23-25-27-29-31-33-35-37-39-46(51)57-44(43-56-48(47(52)53)54-41-40-49(3,4)5)42-55-45(50)38-36-34-32-30-28-26-24-21-19-17-15-13-11-9-7-2/h14,16,20-22,24,44,48H,6-13,15,17-19,23,25-43H2,1-5H3/b16-14-,22-20-,24-21-. The van der Waals surface area contributed by atoms with Crippen molar-refractivity contribution in [1.82, 2.24) is 0 Å². The SMILES string of the molecule is CCCCC/C=C\C/C=C\CCCCCCCCCC(=O)OC(COC(=O)CCCCCCC/C=C\CCCCCCCC)COC(OCC[N+](C)(C)C)C(=O)[O-]. The van der Waals surface area contributed by atoms with Gasteiger partial charge in [-0.15, -0.1) is 0 Å². The Hall–Kier alpha value is -2.49. The summed E-state index contributed by atoms with van der Waals surface area (Å²) >= 11 is 0. The molecule has 332 valence electrons. The van der Waals surface area contributed by atoms with Crippen LogP contribution < -0.4 is 5.11 Å². The van der Waals surface area contributed by atoms with Crippen LogP contribution in [0.1, 0.15) is 194 Å². The number of carboxylic acid groups (broad SMARTS) is 1. The number of hydrogen-bond donors (Lipinski definition) is 0. The van der Waals surface area contributed by atoms with E-state index in [2.05, 4.69) is 50.3 Å². The molecule has 0 N–H and O–H groups in total. The minimum absolute atomic E-state index is 0.145. The lowest BCUT2D eigenvalue weighted by molar-refractivity contribution is -0.870. The van der Waals surface area contributed by atoms with E-state index >= 15 is 0 Å². The molecule has 0 aromatic rings. The van der Waals surface area contributed by atoms with Gasteiger partial charge in [-0.1, -0.05) is 147 Å². The third-order valence-corrected chi connectivity index (χ3v) is 9.86. The van der Waals surface area contributed by atoms with Gasteiger partial charge < -0.3 is 33.3 Å². The first kappa shape index (κ1) is 54.5. The molecule has 0 aromatic heterocycles. The van der Waals surface area contributed by atoms with Crippen LogP contribution in [-0.4, -0.2) is 82.3 Å². The number of allylic oxidation sites excluding steroid dienone is 6. The lowest BCUT2D eigenvalue weighted by Gasteiger charge is -2.26. The van der Waals surface area contributed by atoms with Gasteiger partial charge in [0, 0.05) is 12.8 Å². The molecule has 0 aliphatic heterocycles. The first-order valence-corrected chi connectivity index (χ1v) is 23.1. The maximum absolute atomic E-state index is 12.8. The van der Waals surface area contributed by atoms with Crippen molar-refractivity contribution in [1.29, 1.82) is 0 Å². The minimum Gasteiger partial charge on any atom is -0.545 e. The van der Waals surface area contributed by atoms with Gasteiger partial charge in [0.25, 0.3) is 0 Å². The van der Waals surface area contributed by atoms with Crippen molar-refractivity contribution in [3.05, 3.63) is 36.5 Å². The first-order valence-electron chi connectivity index (χ1n) is 23.1. The highest BCUT2D eigenvalue weighted by molar-refractivity contribution is 5.70. The second kappa shape index (κ2) is 40.3. The Bertz CT molecular complexity index is 1030. The summed E-state index contributed by atoms with van der Waals surface area (Å²) in [6.07, 6.45) is 41.6. The number of aliphatic carboxylic acids is 1. The fourth-order valence-corrected chi connectivity index (χ4v) is 6.21. The summed E-state index contributed by atoms with van der Waals surface area (Å²) in [5.41, 5.74) is 0. The second-order valence-electron chi connectivity index (χ2n) is 16.7. The van der Waals surface area contributed by atoms with Gasteiger partial charge >= 0.3 is 11.9 Å². The fraction of sp³-hybridized carbons (Fsp3) is 0.812. The number of nitrogens with zero attached hydrogens (tertiary/aromatic N) is 1. The molecule has 0 bridgehead atoms. The molecule has 0 heterocycles. The van der Waals surface area contributed by atoms with Crippen molar-refractivity contribution < 1.29 is 42.9 Å². The summed E-state index contributed by atoms with van der Waals surface area (Å²) in [6, 6.07) is 0. The van der Waals surface area contributed by atoms with Crippen LogP contribution in [-0.2, 0) is 33.3 Å². The summed E-state index contributed by atoms with van der Waals surface area (Å²) in [5, 5.41) is 11.7. The lowest BCUT2D eigenvalue weighted by Crippen LogP contribution is -2.44. The smallest absolute Gasteiger partial charge is 0.306 e. The number of likely N-dealkylation sites (N-methyl/N-ethyl adjacent to an activating group) is 1. The second-order valence-corrected chi connectivity index (χ2v) is 16.7. The van der Waals surface area contributed by atoms with Gasteiger partial charge in [-0.05, 0) is 70.6 Å². The number of carbonyl (C=O) groups is 3. The third kappa shape index (κ3) is 41.5. The number of esters is 2. The average molecular weight is 806 g/mol. The molecule has 0 fully saturated rings. The Morgan fingerprint density at radius 2 is 0.947 bits per heavy atom. The zero-order valence-corrected chi connectivity index (χ0v) is 37.5. The van der Waals surface area contributed by atoms with Gasteiger partial charge in [-0.3, -0.25) is 9.59 Å². The van der Waals surface area contributed by atoms with E-state index in [9.17, 15) is 19.5 Å². The normalized spacial score (nSPS) is 13.2. The largest absolute Gasteiger partial charge is 0.545 e. The number of carbonyl (C=O) groups excluding carboxylic acids is 3. The Labute approximate surface area is 350 Å². The Kier molecular flexibility index (Phi) is 38.5. The molecule has 0 rings (SSSR count). The van der Waals surface area contributed by atoms with E-state index in [1.165, 1.54) is 89.9 Å². The first-order chi connectivity index (χ1) is 27.6. The molecule has 0 aromatic carbocycles. The third-order valence-electron chi connectivity index (χ3n) is 9.86. The van der Waals surface area contributed by atoms with Crippen LogP contribution in [0, 0.1) is 0 Å². The van der Waals surface area contributed by atoms with Crippen molar-refractivity contribution in [2.45, 2.75) is 206 Å². The van der Waals surface area contributed by atoms with Crippen molar-refractivity contribution >= 4 is 17.9 Å². The molecule has 0 saturated carbocycles. The Balaban J connectivity index is 4.45. The lowest BCUT2D eigenvalue weighted by atomic mass is 10.1. The van der Waals surface area contributed by atoms with E-state index in [1.807, 2.05) is 21.1 Å². The summed E-state index contributed by atoms with van der Waals surface area (Å²) in [4.78, 5) is 37.0. The maximum Gasteiger partial charge on any atom is 0.306 e. The van der Waals surface area contributed by atoms with Crippen molar-refractivity contribution in [2.24, 2.45) is 0 Å². The Morgan fingerprint density at radius 1 is 0.526 bits per heavy atom. The molecule has 0 aliphatic carbocycles. The van der Waals surface area contributed by atoms with Crippen LogP contribution in [0.2, 0.25) is 0 Å². The van der Waals surface area contributed by atoms with Crippen molar-refractivity contribution in [2.75, 3.05) is 47.5 Å². The fourth-order valence-electron chi connectivity index (χ4n) is 6.21. The predicted molar refractivity (Wildman–Crippen MR) is 232 cm³/mol. The van der Waals surface area contributed by atoms with Gasteiger partial charge in [0.2, 0.25) is 0 Å². The number of ether oxygens (including phenoxy) is 4. The molecule has 0 spiro atoms. The highest BCUT2D eigenvalue weighted by Crippen LogP contribution is 2.13. The molecule has 57 heavy (non-hydrogen) atoms. The summed E-state index contributed by atoms with van der Waals surface area (Å²) < 4.78 is 22.5. The van der Waals surface area contributed by atoms with Gasteiger partial charge in [0.15, 0.2) is 12.4 Å². The van der Waals surface area contributed by atoms with Crippen molar-refractivity contribution in [3.8, 4) is 0 Å². The molecule has 0 amide bonds. The van der Waals surface area contributed by atoms with E-state index in [-0.39, 0.29) is 38.6 Å². The average Bonchev–Trinajstić information content (AvgIpc) is 3.17. The van der Waals surface area contributed by atoms with E-state index in [0.29, 0.717) is 17.4 Å². The molecule has 0 saturated heterocycles. The van der Waals surface area contributed by atoms with Crippen LogP contribution in [0.3, 0.4) is 0 Å². The predicted octanol–water partition coefficient (Wildman–Crippen LogP) is 10.9. The maximum atomic E-state index is 12.8. The molecule has 0 aliphatic rings. The van der Waals surface area contributed by atoms with Crippen LogP contribution in [0.25, 0.3) is 0 Å². The van der Waals surface area contributed by atoms with E-state index in [4.69, 9.17) is 18.9 Å². The molecule has 9 heteroatoms. The molecule has 9 nitrogen and oxygen atoms in total. The van der Waals surface area contributed by atoms with Gasteiger partial charge in [-0.25, -0.2) is 0 Å². The zero-order valence-electron chi connectivity index (χ0n) is 37.5. The summed E-state index contributed by atoms with van der Waals surface area (Å²) in [6.45, 7) is 4.69. The topological polar surface area (TPSA) is 111 Å². The minimum atomic E-state index is -1.62. The molecule has 0 radical (unpaired) electrons. The molecular formula is C48H87NO8. The Morgan fingerprint density at radius 3 is 1.44 bits per heavy atom. The monoisotopic (exact) mass is 806 g/mol. The summed E-state index contributed by atoms with van der Waals surface area (Å²) in [7, 11) is 5.90. The molecule has 2 atom stereocenters. The van der Waals surface area contributed by atoms with Crippen LogP contribution in [0.15, 0.2) is 36.5 Å². The van der Waals surface area contributed by atoms with E-state index in [0.717, 1.165) is 70.6 Å². The van der Waals surface area contributed by atoms with Crippen LogP contribution >= 0.6 is 0 Å². The highest BCUT2D eigenvalue weighted by Gasteiger charge is 2.21. The number of carboxylic acids is 1. The van der Waals surface area contributed by atoms with Gasteiger partial charge in [-0.2, -0.15) is 0 Å². The number of quaternary nitrogens is 1. The van der Waals surface area contributed by atoms with Crippen LogP contribution in [0.5, 0.6) is 0 Å². The zero-order chi connectivity index (χ0) is 42.1. The number of rotatable bonds is 42. The number of hydrogen-bond acceptors (Lipinski definition) is 8. The van der Waals surface area contributed by atoms with Gasteiger partial charge in [0.1, 0.15) is 13.2 Å². The molecule has 2 unspecified atom stereocenters. The number of unbranched alkanes of at least 4 members (excludes halogenated alkanes) is 21. The highest BCUT2D eigenvalue weighted by atomic mass is 16.7. The van der Waals surface area contributed by atoms with E-state index < -0.39 is 24.3 Å². The van der Waals surface area contributed by atoms with Crippen molar-refractivity contribution in [3.63, 3.8) is 0 Å². The quantitative estimate of drug-likeness (QED) is 0.0197. The van der Waals surface area contributed by atoms with E-state index in [1.54, 1.807) is 0 Å².